The van der Waals surface area contributed by atoms with E-state index in [1.165, 1.54) is 4.88 Å². The molecule has 1 aliphatic rings. The molecule has 3 heterocycles. The molecule has 4 nitrogen and oxygen atoms in total. The number of piperidine rings is 1. The Morgan fingerprint density at radius 3 is 2.71 bits per heavy atom. The van der Waals surface area contributed by atoms with E-state index >= 15 is 0 Å². The number of halogens is 2. The number of likely N-dealkylation sites (tertiary alicyclic amines) is 1. The Kier molecular flexibility index (Phi) is 9.23. The number of amides is 1. The van der Waals surface area contributed by atoms with Crippen molar-refractivity contribution in [2.75, 3.05) is 26.7 Å². The third-order valence-electron chi connectivity index (χ3n) is 4.08. The molecule has 0 atom stereocenters. The number of rotatable bonds is 5. The molecular weight excluding hydrogens is 385 g/mol. The smallest absolute Gasteiger partial charge is 0.228 e. The Morgan fingerprint density at radius 1 is 1.33 bits per heavy atom. The van der Waals surface area contributed by atoms with Crippen LogP contribution in [-0.4, -0.2) is 42.5 Å². The van der Waals surface area contributed by atoms with Gasteiger partial charge in [0.2, 0.25) is 5.91 Å². The molecule has 1 fully saturated rings. The topological polar surface area (TPSA) is 45.2 Å². The van der Waals surface area contributed by atoms with Crippen LogP contribution in [-0.2, 0) is 11.2 Å². The van der Waals surface area contributed by atoms with E-state index in [0.717, 1.165) is 43.2 Å². The zero-order valence-corrected chi connectivity index (χ0v) is 16.8. The summed E-state index contributed by atoms with van der Waals surface area (Å²) in [4.78, 5) is 20.2. The van der Waals surface area contributed by atoms with Gasteiger partial charge in [-0.1, -0.05) is 6.07 Å². The van der Waals surface area contributed by atoms with Crippen molar-refractivity contribution < 1.29 is 4.79 Å². The summed E-state index contributed by atoms with van der Waals surface area (Å²) in [5, 5.41) is 8.31. The number of nitrogens with zero attached hydrogens (tertiary/aromatic N) is 2. The Balaban J connectivity index is 0.00000144. The van der Waals surface area contributed by atoms with Crippen molar-refractivity contribution in [3.05, 3.63) is 28.6 Å². The van der Waals surface area contributed by atoms with E-state index in [9.17, 15) is 4.79 Å². The second kappa shape index (κ2) is 10.4. The summed E-state index contributed by atoms with van der Waals surface area (Å²) in [5.74, 6) is 0.921. The van der Waals surface area contributed by atoms with Gasteiger partial charge in [-0.25, -0.2) is 4.98 Å². The molecular formula is C16H23Cl2N3OS2. The number of aromatic nitrogens is 1. The maximum Gasteiger partial charge on any atom is 0.228 e. The monoisotopic (exact) mass is 407 g/mol. The number of carbonyl (C=O) groups excluding carboxylic acids is 1. The van der Waals surface area contributed by atoms with Crippen LogP contribution in [0.1, 0.15) is 18.5 Å². The van der Waals surface area contributed by atoms with E-state index in [-0.39, 0.29) is 30.7 Å². The predicted molar refractivity (Wildman–Crippen MR) is 107 cm³/mol. The van der Waals surface area contributed by atoms with Gasteiger partial charge in [-0.2, -0.15) is 0 Å². The number of thiazole rings is 1. The first kappa shape index (κ1) is 21.4. The van der Waals surface area contributed by atoms with Gasteiger partial charge in [0.1, 0.15) is 5.01 Å². The van der Waals surface area contributed by atoms with Gasteiger partial charge < -0.3 is 10.2 Å². The van der Waals surface area contributed by atoms with Gasteiger partial charge >= 0.3 is 0 Å². The first-order chi connectivity index (χ1) is 10.8. The zero-order valence-electron chi connectivity index (χ0n) is 13.6. The molecule has 2 aromatic rings. The first-order valence-electron chi connectivity index (χ1n) is 7.67. The van der Waals surface area contributed by atoms with Crippen LogP contribution in [0.3, 0.4) is 0 Å². The van der Waals surface area contributed by atoms with Crippen molar-refractivity contribution >= 4 is 53.4 Å². The molecule has 0 unspecified atom stereocenters. The Hall–Kier alpha value is -0.660. The fourth-order valence-corrected chi connectivity index (χ4v) is 4.48. The zero-order chi connectivity index (χ0) is 15.4. The summed E-state index contributed by atoms with van der Waals surface area (Å²) < 4.78 is 0. The second-order valence-corrected chi connectivity index (χ2v) is 7.49. The number of carbonyl (C=O) groups is 1. The molecule has 0 radical (unpaired) electrons. The van der Waals surface area contributed by atoms with Crippen molar-refractivity contribution in [1.29, 1.82) is 0 Å². The minimum atomic E-state index is 0. The van der Waals surface area contributed by atoms with Crippen LogP contribution in [0.2, 0.25) is 0 Å². The van der Waals surface area contributed by atoms with Crippen molar-refractivity contribution in [3.8, 4) is 9.88 Å². The third kappa shape index (κ3) is 5.43. The van der Waals surface area contributed by atoms with E-state index < -0.39 is 0 Å². The average Bonchev–Trinajstić information content (AvgIpc) is 3.19. The van der Waals surface area contributed by atoms with Gasteiger partial charge in [0.15, 0.2) is 0 Å². The lowest BCUT2D eigenvalue weighted by atomic mass is 9.96. The maximum atomic E-state index is 12.4. The standard InChI is InChI=1S/C16H21N3OS2.2ClH/c1-17-10-12-4-6-19(7-5-12)15(20)9-13-11-22-16(18-13)14-3-2-8-21-14;;/h2-3,8,11-12,17H,4-7,9-10H2,1H3;2*1H. The molecule has 0 spiro atoms. The Morgan fingerprint density at radius 2 is 2.08 bits per heavy atom. The molecule has 134 valence electrons. The van der Waals surface area contributed by atoms with E-state index in [2.05, 4.69) is 21.7 Å². The summed E-state index contributed by atoms with van der Waals surface area (Å²) in [5.41, 5.74) is 0.899. The van der Waals surface area contributed by atoms with Gasteiger partial charge in [-0.05, 0) is 43.8 Å². The van der Waals surface area contributed by atoms with E-state index in [4.69, 9.17) is 0 Å². The molecule has 0 saturated carbocycles. The molecule has 3 rings (SSSR count). The summed E-state index contributed by atoms with van der Waals surface area (Å²) in [7, 11) is 1.99. The lowest BCUT2D eigenvalue weighted by Crippen LogP contribution is -2.41. The highest BCUT2D eigenvalue weighted by Crippen LogP contribution is 2.28. The predicted octanol–water partition coefficient (Wildman–Crippen LogP) is 3.72. The fraction of sp³-hybridized carbons (Fsp3) is 0.500. The minimum Gasteiger partial charge on any atom is -0.342 e. The van der Waals surface area contributed by atoms with Crippen LogP contribution < -0.4 is 5.32 Å². The van der Waals surface area contributed by atoms with Crippen LogP contribution in [0.4, 0.5) is 0 Å². The molecule has 1 saturated heterocycles. The third-order valence-corrected chi connectivity index (χ3v) is 6.01. The van der Waals surface area contributed by atoms with Gasteiger partial charge in [-0.3, -0.25) is 4.79 Å². The summed E-state index contributed by atoms with van der Waals surface area (Å²) >= 11 is 3.31. The van der Waals surface area contributed by atoms with Crippen molar-refractivity contribution in [2.24, 2.45) is 5.92 Å². The minimum absolute atomic E-state index is 0. The van der Waals surface area contributed by atoms with Gasteiger partial charge in [0.05, 0.1) is 17.0 Å². The quantitative estimate of drug-likeness (QED) is 0.820. The molecule has 8 heteroatoms. The van der Waals surface area contributed by atoms with E-state index in [0.29, 0.717) is 12.3 Å². The van der Waals surface area contributed by atoms with Crippen LogP contribution in [0.5, 0.6) is 0 Å². The number of hydrogen-bond acceptors (Lipinski definition) is 5. The van der Waals surface area contributed by atoms with Crippen LogP contribution in [0.25, 0.3) is 9.88 Å². The van der Waals surface area contributed by atoms with Gasteiger partial charge in [0.25, 0.3) is 0 Å². The largest absolute Gasteiger partial charge is 0.342 e. The van der Waals surface area contributed by atoms with Crippen LogP contribution >= 0.6 is 47.5 Å². The molecule has 2 aromatic heterocycles. The van der Waals surface area contributed by atoms with Gasteiger partial charge in [-0.15, -0.1) is 47.5 Å². The Bertz CT molecular complexity index is 611. The molecule has 0 aromatic carbocycles. The summed E-state index contributed by atoms with van der Waals surface area (Å²) in [6, 6.07) is 4.10. The molecule has 1 N–H and O–H groups in total. The fourth-order valence-electron chi connectivity index (χ4n) is 2.84. The molecule has 0 aliphatic carbocycles. The maximum absolute atomic E-state index is 12.4. The van der Waals surface area contributed by atoms with Crippen LogP contribution in [0.15, 0.2) is 22.9 Å². The first-order valence-corrected chi connectivity index (χ1v) is 9.43. The summed E-state index contributed by atoms with van der Waals surface area (Å²) in [6.07, 6.45) is 2.63. The summed E-state index contributed by atoms with van der Waals surface area (Å²) in [6.45, 7) is 2.82. The van der Waals surface area contributed by atoms with Crippen LogP contribution in [0, 0.1) is 5.92 Å². The highest BCUT2D eigenvalue weighted by atomic mass is 35.5. The molecule has 0 bridgehead atoms. The molecule has 1 aliphatic heterocycles. The van der Waals surface area contributed by atoms with Crippen molar-refractivity contribution in [2.45, 2.75) is 19.3 Å². The number of nitrogens with one attached hydrogen (secondary N) is 1. The molecule has 24 heavy (non-hydrogen) atoms. The highest BCUT2D eigenvalue weighted by Gasteiger charge is 2.23. The Labute approximate surface area is 163 Å². The SMILES string of the molecule is CNCC1CCN(C(=O)Cc2csc(-c3cccs3)n2)CC1.Cl.Cl. The number of thiophene rings is 1. The van der Waals surface area contributed by atoms with Crippen molar-refractivity contribution in [3.63, 3.8) is 0 Å². The van der Waals surface area contributed by atoms with Gasteiger partial charge in [0, 0.05) is 18.5 Å². The van der Waals surface area contributed by atoms with E-state index in [1.807, 2.05) is 23.4 Å². The normalized spacial score (nSPS) is 14.8. The van der Waals surface area contributed by atoms with E-state index in [1.54, 1.807) is 22.7 Å². The lowest BCUT2D eigenvalue weighted by Gasteiger charge is -2.31. The second-order valence-electron chi connectivity index (χ2n) is 5.68. The molecule has 1 amide bonds. The highest BCUT2D eigenvalue weighted by molar-refractivity contribution is 7.20. The average molecular weight is 408 g/mol. The van der Waals surface area contributed by atoms with Crippen molar-refractivity contribution in [1.82, 2.24) is 15.2 Å². The number of hydrogen-bond donors (Lipinski definition) is 1. The lowest BCUT2D eigenvalue weighted by molar-refractivity contribution is -0.131.